The van der Waals surface area contributed by atoms with Crippen molar-refractivity contribution in [2.24, 2.45) is 5.92 Å². The normalized spacial score (nSPS) is 21.2. The minimum Gasteiger partial charge on any atom is -0.371 e. The van der Waals surface area contributed by atoms with Gasteiger partial charge in [0, 0.05) is 81.4 Å². The first-order valence-corrected chi connectivity index (χ1v) is 21.6. The second-order valence-corrected chi connectivity index (χ2v) is 17.0. The standard InChI is InChI=1S/C45H49N13O4/c59-39-13-12-38(44(61)51-39)58-45(62)36-25-34(10-11-37(36)52-53-58)55-16-14-30(15-17-55)26-54-18-20-56(21-19-54)33-8-6-31(7-9-33)50-42-41-43(47-27-46-42)57(28-48-41)35-23-32(24-35)49-40(60)22-29-4-2-1-3-5-29/h1-11,25,27-28,30,32,35,38H,12-24,26H2,(H,49,60)(H,46,47,50)(H,51,59,61). The van der Waals surface area contributed by atoms with E-state index in [0.717, 1.165) is 104 Å². The van der Waals surface area contributed by atoms with Gasteiger partial charge < -0.3 is 25.0 Å². The van der Waals surface area contributed by atoms with E-state index >= 15 is 0 Å². The molecule has 1 atom stereocenters. The van der Waals surface area contributed by atoms with Gasteiger partial charge in [0.15, 0.2) is 17.0 Å². The molecular formula is C45H49N13O4. The van der Waals surface area contributed by atoms with Gasteiger partial charge in [-0.3, -0.25) is 29.4 Å². The highest BCUT2D eigenvalue weighted by molar-refractivity contribution is 5.99. The summed E-state index contributed by atoms with van der Waals surface area (Å²) < 4.78 is 3.22. The molecule has 17 nitrogen and oxygen atoms in total. The molecule has 0 radical (unpaired) electrons. The number of nitrogens with zero attached hydrogens (tertiary/aromatic N) is 10. The van der Waals surface area contributed by atoms with E-state index in [1.807, 2.05) is 54.9 Å². The van der Waals surface area contributed by atoms with Crippen molar-refractivity contribution in [1.29, 1.82) is 0 Å². The van der Waals surface area contributed by atoms with Gasteiger partial charge in [-0.1, -0.05) is 35.5 Å². The molecule has 0 spiro atoms. The molecule has 0 bridgehead atoms. The number of hydrogen-bond donors (Lipinski definition) is 3. The monoisotopic (exact) mass is 835 g/mol. The number of fused-ring (bicyclic) bond motifs is 2. The summed E-state index contributed by atoms with van der Waals surface area (Å²) in [5, 5.41) is 17.6. The lowest BCUT2D eigenvalue weighted by Crippen LogP contribution is -2.49. The van der Waals surface area contributed by atoms with Crippen molar-refractivity contribution >= 4 is 62.7 Å². The molecule has 6 aromatic rings. The molecule has 1 saturated carbocycles. The number of carbonyl (C=O) groups is 3. The molecule has 3 saturated heterocycles. The highest BCUT2D eigenvalue weighted by Gasteiger charge is 2.34. The summed E-state index contributed by atoms with van der Waals surface area (Å²) in [5.74, 6) is 0.452. The lowest BCUT2D eigenvalue weighted by atomic mass is 9.86. The molecule has 3 aromatic heterocycles. The minimum absolute atomic E-state index is 0.0476. The summed E-state index contributed by atoms with van der Waals surface area (Å²) in [4.78, 5) is 71.2. The lowest BCUT2D eigenvalue weighted by molar-refractivity contribution is -0.136. The van der Waals surface area contributed by atoms with Gasteiger partial charge in [0.25, 0.3) is 11.5 Å². The molecule has 1 unspecified atom stereocenters. The van der Waals surface area contributed by atoms with Gasteiger partial charge in [0.2, 0.25) is 11.8 Å². The van der Waals surface area contributed by atoms with E-state index in [2.05, 4.69) is 84.7 Å². The van der Waals surface area contributed by atoms with Crippen molar-refractivity contribution in [3.63, 3.8) is 0 Å². The maximum atomic E-state index is 13.4. The molecule has 10 rings (SSSR count). The van der Waals surface area contributed by atoms with Crippen LogP contribution in [0, 0.1) is 5.92 Å². The average Bonchev–Trinajstić information content (AvgIpc) is 3.71. The molecule has 62 heavy (non-hydrogen) atoms. The number of piperidine rings is 2. The number of carbonyl (C=O) groups excluding carboxylic acids is 3. The largest absolute Gasteiger partial charge is 0.371 e. The maximum Gasteiger partial charge on any atom is 0.278 e. The fourth-order valence-corrected chi connectivity index (χ4v) is 9.38. The van der Waals surface area contributed by atoms with Crippen molar-refractivity contribution in [2.45, 2.75) is 63.1 Å². The number of benzene rings is 3. The quantitative estimate of drug-likeness (QED) is 0.160. The first kappa shape index (κ1) is 39.4. The number of nitrogens with one attached hydrogen (secondary N) is 3. The van der Waals surface area contributed by atoms with Crippen LogP contribution in [0.1, 0.15) is 56.2 Å². The van der Waals surface area contributed by atoms with Crippen molar-refractivity contribution in [3.05, 3.63) is 101 Å². The molecule has 17 heteroatoms. The number of anilines is 4. The van der Waals surface area contributed by atoms with Gasteiger partial charge >= 0.3 is 0 Å². The van der Waals surface area contributed by atoms with Crippen LogP contribution in [0.15, 0.2) is 90.2 Å². The zero-order valence-corrected chi connectivity index (χ0v) is 34.4. The number of rotatable bonds is 11. The predicted molar refractivity (Wildman–Crippen MR) is 234 cm³/mol. The average molecular weight is 836 g/mol. The van der Waals surface area contributed by atoms with E-state index in [0.29, 0.717) is 29.1 Å². The Bertz CT molecular complexity index is 2660. The molecule has 3 aliphatic heterocycles. The SMILES string of the molecule is O=C1CCC(n2nnc3ccc(N4CCC(CN5CCN(c6ccc(Nc7ncnc8c7ncn8C7CC(NC(=O)Cc8ccccc8)C7)cc6)CC5)CC4)cc3c2=O)C(=O)N1. The van der Waals surface area contributed by atoms with Crippen molar-refractivity contribution < 1.29 is 14.4 Å². The molecule has 318 valence electrons. The number of amides is 3. The van der Waals surface area contributed by atoms with Crippen LogP contribution in [0.3, 0.4) is 0 Å². The zero-order chi connectivity index (χ0) is 42.2. The van der Waals surface area contributed by atoms with Crippen LogP contribution in [0.4, 0.5) is 22.9 Å². The third-order valence-electron chi connectivity index (χ3n) is 13.0. The summed E-state index contributed by atoms with van der Waals surface area (Å²) in [5.41, 5.74) is 5.72. The Morgan fingerprint density at radius 1 is 0.806 bits per heavy atom. The summed E-state index contributed by atoms with van der Waals surface area (Å²) in [7, 11) is 0. The fourth-order valence-electron chi connectivity index (χ4n) is 9.38. The van der Waals surface area contributed by atoms with Gasteiger partial charge in [-0.05, 0) is 86.1 Å². The van der Waals surface area contributed by atoms with E-state index in [4.69, 9.17) is 0 Å². The molecule has 4 aliphatic rings. The number of aromatic nitrogens is 7. The third-order valence-corrected chi connectivity index (χ3v) is 13.0. The van der Waals surface area contributed by atoms with Crippen LogP contribution < -0.4 is 31.3 Å². The second kappa shape index (κ2) is 17.0. The summed E-state index contributed by atoms with van der Waals surface area (Å²) in [6.45, 7) is 6.82. The minimum atomic E-state index is -0.843. The molecular weight excluding hydrogens is 787 g/mol. The van der Waals surface area contributed by atoms with E-state index in [-0.39, 0.29) is 42.3 Å². The van der Waals surface area contributed by atoms with Gasteiger partial charge in [0.1, 0.15) is 17.9 Å². The summed E-state index contributed by atoms with van der Waals surface area (Å²) in [6, 6.07) is 23.5. The summed E-state index contributed by atoms with van der Waals surface area (Å²) >= 11 is 0. The molecule has 3 amide bonds. The Kier molecular flexibility index (Phi) is 10.8. The Balaban J connectivity index is 0.684. The number of imide groups is 1. The van der Waals surface area contributed by atoms with Gasteiger partial charge in [-0.25, -0.2) is 15.0 Å². The van der Waals surface area contributed by atoms with Crippen LogP contribution >= 0.6 is 0 Å². The fraction of sp³-hybridized carbons (Fsp3) is 0.400. The van der Waals surface area contributed by atoms with Crippen molar-refractivity contribution in [2.75, 3.05) is 60.9 Å². The second-order valence-electron chi connectivity index (χ2n) is 17.0. The van der Waals surface area contributed by atoms with Crippen LogP contribution in [0.5, 0.6) is 0 Å². The zero-order valence-electron chi connectivity index (χ0n) is 34.4. The van der Waals surface area contributed by atoms with E-state index in [9.17, 15) is 19.2 Å². The number of piperazine rings is 1. The number of hydrogen-bond acceptors (Lipinski definition) is 13. The van der Waals surface area contributed by atoms with E-state index < -0.39 is 11.9 Å². The molecule has 3 N–H and O–H groups in total. The molecule has 1 aliphatic carbocycles. The molecule has 3 aromatic carbocycles. The van der Waals surface area contributed by atoms with Crippen molar-refractivity contribution in [1.82, 2.24) is 50.0 Å². The topological polar surface area (TPSA) is 188 Å². The Morgan fingerprint density at radius 2 is 1.56 bits per heavy atom. The molecule has 6 heterocycles. The highest BCUT2D eigenvalue weighted by atomic mass is 16.2. The first-order chi connectivity index (χ1) is 30.3. The van der Waals surface area contributed by atoms with Crippen LogP contribution in [0.25, 0.3) is 22.1 Å². The highest BCUT2D eigenvalue weighted by Crippen LogP contribution is 2.35. The molecule has 4 fully saturated rings. The third kappa shape index (κ3) is 8.19. The lowest BCUT2D eigenvalue weighted by Gasteiger charge is -2.40. The Morgan fingerprint density at radius 3 is 2.34 bits per heavy atom. The van der Waals surface area contributed by atoms with Crippen molar-refractivity contribution in [3.8, 4) is 0 Å². The van der Waals surface area contributed by atoms with Gasteiger partial charge in [-0.2, -0.15) is 4.68 Å². The first-order valence-electron chi connectivity index (χ1n) is 21.6. The van der Waals surface area contributed by atoms with E-state index in [1.54, 1.807) is 6.33 Å². The number of imidazole rings is 1. The Hall–Kier alpha value is -6.75. The summed E-state index contributed by atoms with van der Waals surface area (Å²) in [6.07, 6.45) is 7.99. The van der Waals surface area contributed by atoms with E-state index in [1.165, 1.54) is 5.69 Å². The van der Waals surface area contributed by atoms with Crippen LogP contribution in [-0.4, -0.2) is 109 Å². The van der Waals surface area contributed by atoms with Crippen LogP contribution in [-0.2, 0) is 20.8 Å². The smallest absolute Gasteiger partial charge is 0.278 e. The predicted octanol–water partition coefficient (Wildman–Crippen LogP) is 3.75. The van der Waals surface area contributed by atoms with Gasteiger partial charge in [-0.15, -0.1) is 5.10 Å². The Labute approximate surface area is 357 Å². The maximum absolute atomic E-state index is 13.4. The van der Waals surface area contributed by atoms with Gasteiger partial charge in [0.05, 0.1) is 18.1 Å². The van der Waals surface area contributed by atoms with Crippen LogP contribution in [0.2, 0.25) is 0 Å².